The molecule has 0 fully saturated rings. The van der Waals surface area contributed by atoms with Crippen molar-refractivity contribution in [2.75, 3.05) is 17.6 Å². The Morgan fingerprint density at radius 3 is 2.41 bits per heavy atom. The van der Waals surface area contributed by atoms with Crippen LogP contribution in [0.1, 0.15) is 11.3 Å². The lowest BCUT2D eigenvalue weighted by molar-refractivity contribution is -0.119. The number of nitrogens with one attached hydrogen (secondary N) is 1. The number of fused-ring (bicyclic) bond motifs is 1. The molecule has 1 N–H and O–H groups in total. The predicted octanol–water partition coefficient (Wildman–Crippen LogP) is 2.56. The zero-order chi connectivity index (χ0) is 27.6. The van der Waals surface area contributed by atoms with Crippen LogP contribution in [-0.2, 0) is 21.9 Å². The van der Waals surface area contributed by atoms with Crippen molar-refractivity contribution in [3.8, 4) is 17.2 Å². The van der Waals surface area contributed by atoms with Crippen LogP contribution in [0, 0.1) is 6.92 Å². The van der Waals surface area contributed by atoms with Gasteiger partial charge < -0.3 is 9.47 Å². The third-order valence-electron chi connectivity index (χ3n) is 6.19. The van der Waals surface area contributed by atoms with Crippen molar-refractivity contribution >= 4 is 27.8 Å². The van der Waals surface area contributed by atoms with Gasteiger partial charge in [0.2, 0.25) is 6.79 Å². The van der Waals surface area contributed by atoms with Gasteiger partial charge in [-0.15, -0.1) is 0 Å². The van der Waals surface area contributed by atoms with E-state index in [1.54, 1.807) is 79.3 Å². The first-order valence-electron chi connectivity index (χ1n) is 11.9. The number of nitrogens with zero attached hydrogens (tertiary/aromatic N) is 4. The molecule has 1 aliphatic heterocycles. The first-order valence-corrected chi connectivity index (χ1v) is 13.3. The summed E-state index contributed by atoms with van der Waals surface area (Å²) < 4.78 is 41.9. The second kappa shape index (κ2) is 10.5. The maximum atomic E-state index is 13.8. The molecule has 11 nitrogen and oxygen atoms in total. The van der Waals surface area contributed by atoms with Crippen molar-refractivity contribution in [3.05, 3.63) is 100 Å². The lowest BCUT2D eigenvalue weighted by Gasteiger charge is -2.22. The molecule has 4 aromatic rings. The molecule has 0 saturated heterocycles. The summed E-state index contributed by atoms with van der Waals surface area (Å²) in [6, 6.07) is 21.6. The molecule has 0 unspecified atom stereocenters. The lowest BCUT2D eigenvalue weighted by Crippen LogP contribution is -2.42. The van der Waals surface area contributed by atoms with Crippen LogP contribution in [0.5, 0.6) is 11.5 Å². The highest BCUT2D eigenvalue weighted by molar-refractivity contribution is 7.92. The van der Waals surface area contributed by atoms with Crippen molar-refractivity contribution in [2.24, 2.45) is 12.1 Å². The Kier molecular flexibility index (Phi) is 6.94. The molecule has 3 aromatic carbocycles. The molecule has 0 aliphatic carbocycles. The van der Waals surface area contributed by atoms with Crippen LogP contribution in [0.15, 0.2) is 93.7 Å². The molecule has 1 aliphatic rings. The SMILES string of the molecule is Cc1c(N(CC(=O)N/N=C/c2ccc3c(c2)OCO3)S(=O)(=O)c2ccccc2)c(=O)n(-c2ccccc2)n1C. The second-order valence-electron chi connectivity index (χ2n) is 8.64. The summed E-state index contributed by atoms with van der Waals surface area (Å²) >= 11 is 0. The van der Waals surface area contributed by atoms with Gasteiger partial charge in [0.15, 0.2) is 11.5 Å². The number of rotatable bonds is 8. The zero-order valence-corrected chi connectivity index (χ0v) is 22.0. The molecule has 0 atom stereocenters. The first kappa shape index (κ1) is 25.8. The molecule has 2 heterocycles. The third-order valence-corrected chi connectivity index (χ3v) is 7.95. The summed E-state index contributed by atoms with van der Waals surface area (Å²) in [6.07, 6.45) is 1.39. The summed E-state index contributed by atoms with van der Waals surface area (Å²) in [6.45, 7) is 1.08. The Labute approximate surface area is 224 Å². The minimum atomic E-state index is -4.30. The molecule has 1 amide bonds. The monoisotopic (exact) mass is 547 g/mol. The van der Waals surface area contributed by atoms with E-state index in [0.29, 0.717) is 28.4 Å². The maximum Gasteiger partial charge on any atom is 0.296 e. The molecule has 200 valence electrons. The molecule has 0 bridgehead atoms. The van der Waals surface area contributed by atoms with Gasteiger partial charge in [-0.25, -0.2) is 22.8 Å². The number of ether oxygens (including phenoxy) is 2. The number of carbonyl (C=O) groups excluding carboxylic acids is 1. The number of anilines is 1. The third kappa shape index (κ3) is 5.01. The molecule has 0 spiro atoms. The van der Waals surface area contributed by atoms with Gasteiger partial charge in [-0.05, 0) is 55.0 Å². The molecule has 0 saturated carbocycles. The smallest absolute Gasteiger partial charge is 0.296 e. The standard InChI is InChI=1S/C27H25N5O6S/c1-19-26(27(34)32(30(19)2)21-9-5-3-6-10-21)31(39(35,36)22-11-7-4-8-12-22)17-25(33)29-28-16-20-13-14-23-24(15-20)38-18-37-23/h3-16H,17-18H2,1-2H3,(H,29,33)/b28-16+. The quantitative estimate of drug-likeness (QED) is 0.267. The van der Waals surface area contributed by atoms with Crippen molar-refractivity contribution in [2.45, 2.75) is 11.8 Å². The summed E-state index contributed by atoms with van der Waals surface area (Å²) in [5.74, 6) is 0.428. The predicted molar refractivity (Wildman–Crippen MR) is 145 cm³/mol. The minimum absolute atomic E-state index is 0.0597. The van der Waals surface area contributed by atoms with E-state index in [2.05, 4.69) is 10.5 Å². The van der Waals surface area contributed by atoms with Gasteiger partial charge in [0.25, 0.3) is 21.5 Å². The summed E-state index contributed by atoms with van der Waals surface area (Å²) in [7, 11) is -2.65. The largest absolute Gasteiger partial charge is 0.454 e. The highest BCUT2D eigenvalue weighted by atomic mass is 32.2. The van der Waals surface area contributed by atoms with Crippen LogP contribution in [0.2, 0.25) is 0 Å². The molecule has 1 aromatic heterocycles. The molecule has 39 heavy (non-hydrogen) atoms. The van der Waals surface area contributed by atoms with E-state index in [1.807, 2.05) is 6.07 Å². The number of hydrogen-bond acceptors (Lipinski definition) is 7. The van der Waals surface area contributed by atoms with Crippen molar-refractivity contribution in [3.63, 3.8) is 0 Å². The van der Waals surface area contributed by atoms with Crippen LogP contribution in [0.4, 0.5) is 5.69 Å². The summed E-state index contributed by atoms with van der Waals surface area (Å²) in [5, 5.41) is 3.95. The number of benzene rings is 3. The lowest BCUT2D eigenvalue weighted by atomic mass is 10.2. The maximum absolute atomic E-state index is 13.8. The fraction of sp³-hybridized carbons (Fsp3) is 0.148. The number of sulfonamides is 1. The van der Waals surface area contributed by atoms with E-state index in [0.717, 1.165) is 4.31 Å². The summed E-state index contributed by atoms with van der Waals surface area (Å²) in [5.41, 5.74) is 3.18. The highest BCUT2D eigenvalue weighted by Gasteiger charge is 2.33. The van der Waals surface area contributed by atoms with E-state index < -0.39 is 28.0 Å². The van der Waals surface area contributed by atoms with Gasteiger partial charge in [-0.1, -0.05) is 36.4 Å². The van der Waals surface area contributed by atoms with E-state index in [9.17, 15) is 18.0 Å². The van der Waals surface area contributed by atoms with Gasteiger partial charge in [-0.2, -0.15) is 5.10 Å². The Morgan fingerprint density at radius 2 is 1.69 bits per heavy atom. The van der Waals surface area contributed by atoms with E-state index in [-0.39, 0.29) is 17.4 Å². The molecule has 12 heteroatoms. The van der Waals surface area contributed by atoms with Gasteiger partial charge in [-0.3, -0.25) is 14.3 Å². The van der Waals surface area contributed by atoms with Crippen LogP contribution in [0.3, 0.4) is 0 Å². The highest BCUT2D eigenvalue weighted by Crippen LogP contribution is 2.32. The Bertz CT molecular complexity index is 1710. The van der Waals surface area contributed by atoms with Crippen molar-refractivity contribution in [1.29, 1.82) is 0 Å². The topological polar surface area (TPSA) is 124 Å². The van der Waals surface area contributed by atoms with Gasteiger partial charge in [0.1, 0.15) is 12.2 Å². The average molecular weight is 548 g/mol. The number of para-hydroxylation sites is 1. The van der Waals surface area contributed by atoms with Crippen LogP contribution in [0.25, 0.3) is 5.69 Å². The van der Waals surface area contributed by atoms with E-state index in [4.69, 9.17) is 9.47 Å². The molecule has 0 radical (unpaired) electrons. The molecular formula is C27H25N5O6S. The van der Waals surface area contributed by atoms with E-state index in [1.165, 1.54) is 23.0 Å². The molecule has 5 rings (SSSR count). The van der Waals surface area contributed by atoms with Gasteiger partial charge in [0, 0.05) is 7.05 Å². The fourth-order valence-electron chi connectivity index (χ4n) is 4.18. The van der Waals surface area contributed by atoms with Crippen LogP contribution < -0.4 is 24.8 Å². The number of carbonyl (C=O) groups is 1. The number of hydrogen-bond donors (Lipinski definition) is 1. The van der Waals surface area contributed by atoms with E-state index >= 15 is 0 Å². The summed E-state index contributed by atoms with van der Waals surface area (Å²) in [4.78, 5) is 26.6. The average Bonchev–Trinajstić information content (AvgIpc) is 3.49. The second-order valence-corrected chi connectivity index (χ2v) is 10.5. The Balaban J connectivity index is 1.48. The number of amides is 1. The van der Waals surface area contributed by atoms with Gasteiger partial charge >= 0.3 is 0 Å². The van der Waals surface area contributed by atoms with Crippen molar-refractivity contribution < 1.29 is 22.7 Å². The van der Waals surface area contributed by atoms with Crippen LogP contribution in [-0.4, -0.2) is 43.2 Å². The Morgan fingerprint density at radius 1 is 1.03 bits per heavy atom. The molecular weight excluding hydrogens is 522 g/mol. The number of hydrazone groups is 1. The number of aromatic nitrogens is 2. The van der Waals surface area contributed by atoms with Crippen LogP contribution >= 0.6 is 0 Å². The zero-order valence-electron chi connectivity index (χ0n) is 21.1. The Hall–Kier alpha value is -4.84. The first-order chi connectivity index (χ1) is 18.8. The van der Waals surface area contributed by atoms with Gasteiger partial charge in [0.05, 0.1) is 22.5 Å². The normalized spacial score (nSPS) is 12.6. The fourth-order valence-corrected chi connectivity index (χ4v) is 5.68. The minimum Gasteiger partial charge on any atom is -0.454 e. The van der Waals surface area contributed by atoms with Crippen molar-refractivity contribution in [1.82, 2.24) is 14.8 Å².